The number of nitrogens with one attached hydrogen (secondary N) is 3. The summed E-state index contributed by atoms with van der Waals surface area (Å²) >= 11 is 13.4. The van der Waals surface area contributed by atoms with E-state index in [1.807, 2.05) is 20.2 Å². The number of pyridine rings is 1. The number of hydrogen-bond donors (Lipinski definition) is 3. The van der Waals surface area contributed by atoms with Crippen LogP contribution in [0.1, 0.15) is 0 Å². The molecule has 2 atom stereocenters. The second-order valence-corrected chi connectivity index (χ2v) is 9.87. The fourth-order valence-corrected chi connectivity index (χ4v) is 4.81. The molecule has 4 rings (SSSR count). The minimum absolute atomic E-state index is 0.217. The predicted molar refractivity (Wildman–Crippen MR) is 153 cm³/mol. The standard InChI is InChI=1S/C26H31Cl2N7O4/c1-6-20(36)31-16-12-39-13-17(16)33-26-30-11-14-9-15(32-25(24(14)34-26)29-7-8-35(2)3)21-22(27)18(37-4)10-19(38-5)23(21)28/h6,9-11,16-17H,1,7-8,12-13H2,2-5H3,(H,29,32)(H,31,36)(H,30,33,34)/t16-,17?/m0/s1. The summed E-state index contributed by atoms with van der Waals surface area (Å²) in [5.41, 5.74) is 1.57. The SMILES string of the molecule is C=CC(=O)N[C@H]1COCC1Nc1ncc2cc(-c3c(Cl)c(OC)cc(OC)c3Cl)nc(NCCN(C)C)c2n1. The summed E-state index contributed by atoms with van der Waals surface area (Å²) in [7, 11) is 7.01. The van der Waals surface area contributed by atoms with Gasteiger partial charge in [-0.1, -0.05) is 29.8 Å². The summed E-state index contributed by atoms with van der Waals surface area (Å²) < 4.78 is 16.4. The molecule has 2 aromatic heterocycles. The number of halogens is 2. The Kier molecular flexibility index (Phi) is 9.28. The largest absolute Gasteiger partial charge is 0.495 e. The maximum absolute atomic E-state index is 11.8. The number of anilines is 2. The van der Waals surface area contributed by atoms with Crippen LogP contribution in [-0.4, -0.2) is 92.5 Å². The molecule has 1 amide bonds. The van der Waals surface area contributed by atoms with Crippen molar-refractivity contribution in [1.82, 2.24) is 25.2 Å². The first-order valence-corrected chi connectivity index (χ1v) is 12.9. The van der Waals surface area contributed by atoms with Crippen molar-refractivity contribution in [3.63, 3.8) is 0 Å². The van der Waals surface area contributed by atoms with E-state index in [-0.39, 0.29) is 18.0 Å². The zero-order chi connectivity index (χ0) is 28.1. The van der Waals surface area contributed by atoms with Crippen LogP contribution in [0.3, 0.4) is 0 Å². The lowest BCUT2D eigenvalue weighted by atomic mass is 10.1. The maximum atomic E-state index is 11.8. The Morgan fingerprint density at radius 2 is 1.85 bits per heavy atom. The van der Waals surface area contributed by atoms with Gasteiger partial charge in [0.15, 0.2) is 5.82 Å². The number of methoxy groups -OCH3 is 2. The number of benzene rings is 1. The van der Waals surface area contributed by atoms with Crippen molar-refractivity contribution >= 4 is 51.8 Å². The van der Waals surface area contributed by atoms with Crippen LogP contribution >= 0.6 is 23.2 Å². The van der Waals surface area contributed by atoms with Gasteiger partial charge in [0.2, 0.25) is 11.9 Å². The van der Waals surface area contributed by atoms with E-state index in [4.69, 9.17) is 47.4 Å². The highest BCUT2D eigenvalue weighted by molar-refractivity contribution is 6.41. The van der Waals surface area contributed by atoms with Crippen LogP contribution in [-0.2, 0) is 9.53 Å². The highest BCUT2D eigenvalue weighted by Gasteiger charge is 2.30. The van der Waals surface area contributed by atoms with Crippen LogP contribution in [0.5, 0.6) is 11.5 Å². The number of amides is 1. The van der Waals surface area contributed by atoms with Gasteiger partial charge in [-0.25, -0.2) is 15.0 Å². The maximum Gasteiger partial charge on any atom is 0.243 e. The predicted octanol–water partition coefficient (Wildman–Crippen LogP) is 3.47. The van der Waals surface area contributed by atoms with Gasteiger partial charge in [-0.05, 0) is 26.2 Å². The van der Waals surface area contributed by atoms with Gasteiger partial charge in [-0.2, -0.15) is 0 Å². The van der Waals surface area contributed by atoms with Crippen LogP contribution in [0.2, 0.25) is 10.0 Å². The number of carbonyl (C=O) groups is 1. The van der Waals surface area contributed by atoms with Crippen LogP contribution in [0.4, 0.5) is 11.8 Å². The first kappa shape index (κ1) is 28.6. The number of rotatable bonds is 11. The van der Waals surface area contributed by atoms with Crippen LogP contribution in [0.25, 0.3) is 22.2 Å². The lowest BCUT2D eigenvalue weighted by molar-refractivity contribution is -0.117. The molecule has 0 saturated carbocycles. The van der Waals surface area contributed by atoms with Crippen LogP contribution in [0.15, 0.2) is 31.0 Å². The lowest BCUT2D eigenvalue weighted by Gasteiger charge is -2.20. The highest BCUT2D eigenvalue weighted by Crippen LogP contribution is 2.46. The number of nitrogens with zero attached hydrogens (tertiary/aromatic N) is 4. The average molecular weight is 576 g/mol. The zero-order valence-corrected chi connectivity index (χ0v) is 23.7. The molecular weight excluding hydrogens is 545 g/mol. The van der Waals surface area contributed by atoms with Crippen molar-refractivity contribution in [3.8, 4) is 22.8 Å². The van der Waals surface area contributed by atoms with Crippen molar-refractivity contribution < 1.29 is 19.0 Å². The Morgan fingerprint density at radius 3 is 2.49 bits per heavy atom. The Labute approximate surface area is 236 Å². The minimum atomic E-state index is -0.271. The van der Waals surface area contributed by atoms with Crippen LogP contribution in [0, 0.1) is 0 Å². The molecule has 1 aliphatic heterocycles. The second-order valence-electron chi connectivity index (χ2n) is 9.11. The number of fused-ring (bicyclic) bond motifs is 1. The first-order valence-electron chi connectivity index (χ1n) is 12.2. The zero-order valence-electron chi connectivity index (χ0n) is 22.2. The van der Waals surface area contributed by atoms with E-state index in [2.05, 4.69) is 32.4 Å². The molecule has 1 aromatic carbocycles. The smallest absolute Gasteiger partial charge is 0.243 e. The van der Waals surface area contributed by atoms with E-state index >= 15 is 0 Å². The molecule has 3 aromatic rings. The van der Waals surface area contributed by atoms with Crippen molar-refractivity contribution in [2.24, 2.45) is 0 Å². The van der Waals surface area contributed by atoms with Crippen molar-refractivity contribution in [3.05, 3.63) is 41.0 Å². The summed E-state index contributed by atoms with van der Waals surface area (Å²) in [4.78, 5) is 28.0. The molecule has 1 fully saturated rings. The van der Waals surface area contributed by atoms with E-state index in [0.717, 1.165) is 6.54 Å². The molecular formula is C26H31Cl2N7O4. The number of likely N-dealkylation sites (N-methyl/N-ethyl adjacent to an activating group) is 1. The van der Waals surface area contributed by atoms with Gasteiger partial charge in [-0.15, -0.1) is 0 Å². The van der Waals surface area contributed by atoms with Gasteiger partial charge in [0.05, 0.1) is 55.3 Å². The van der Waals surface area contributed by atoms with Gasteiger partial charge in [-0.3, -0.25) is 4.79 Å². The van der Waals surface area contributed by atoms with Gasteiger partial charge in [0.25, 0.3) is 0 Å². The molecule has 0 aliphatic carbocycles. The normalized spacial score (nSPS) is 16.8. The first-order chi connectivity index (χ1) is 18.7. The fraction of sp³-hybridized carbons (Fsp3) is 0.385. The summed E-state index contributed by atoms with van der Waals surface area (Å²) in [6.45, 7) is 5.65. The van der Waals surface area contributed by atoms with E-state index in [0.29, 0.717) is 75.2 Å². The van der Waals surface area contributed by atoms with E-state index in [9.17, 15) is 4.79 Å². The van der Waals surface area contributed by atoms with Gasteiger partial charge in [0.1, 0.15) is 17.0 Å². The lowest BCUT2D eigenvalue weighted by Crippen LogP contribution is -2.45. The molecule has 3 N–H and O–H groups in total. The number of hydrogen-bond acceptors (Lipinski definition) is 10. The van der Waals surface area contributed by atoms with Crippen molar-refractivity contribution in [2.45, 2.75) is 12.1 Å². The van der Waals surface area contributed by atoms with Gasteiger partial charge >= 0.3 is 0 Å². The number of ether oxygens (including phenoxy) is 3. The van der Waals surface area contributed by atoms with E-state index in [1.165, 1.54) is 20.3 Å². The van der Waals surface area contributed by atoms with Crippen LogP contribution < -0.4 is 25.4 Å². The molecule has 0 bridgehead atoms. The monoisotopic (exact) mass is 575 g/mol. The molecule has 13 heteroatoms. The van der Waals surface area contributed by atoms with E-state index in [1.54, 1.807) is 12.3 Å². The number of aromatic nitrogens is 3. The molecule has 1 aliphatic rings. The molecule has 208 valence electrons. The minimum Gasteiger partial charge on any atom is -0.495 e. The Bertz CT molecular complexity index is 1340. The molecule has 0 spiro atoms. The molecule has 1 saturated heterocycles. The molecule has 39 heavy (non-hydrogen) atoms. The topological polar surface area (TPSA) is 123 Å². The highest BCUT2D eigenvalue weighted by atomic mass is 35.5. The summed E-state index contributed by atoms with van der Waals surface area (Å²) in [5, 5.41) is 10.8. The van der Waals surface area contributed by atoms with Crippen molar-refractivity contribution in [2.75, 3.05) is 65.3 Å². The second kappa shape index (κ2) is 12.6. The number of carbonyl (C=O) groups excluding carboxylic acids is 1. The van der Waals surface area contributed by atoms with Gasteiger partial charge in [0, 0.05) is 36.3 Å². The Balaban J connectivity index is 1.76. The third-order valence-corrected chi connectivity index (χ3v) is 6.91. The average Bonchev–Trinajstić information content (AvgIpc) is 3.34. The van der Waals surface area contributed by atoms with E-state index < -0.39 is 0 Å². The fourth-order valence-electron chi connectivity index (χ4n) is 4.11. The molecule has 0 radical (unpaired) electrons. The summed E-state index contributed by atoms with van der Waals surface area (Å²) in [6, 6.07) is 2.98. The molecule has 11 nitrogen and oxygen atoms in total. The molecule has 1 unspecified atom stereocenters. The quantitative estimate of drug-likeness (QED) is 0.293. The Morgan fingerprint density at radius 1 is 1.15 bits per heavy atom. The Hall–Kier alpha value is -3.38. The third-order valence-electron chi connectivity index (χ3n) is 6.16. The summed E-state index contributed by atoms with van der Waals surface area (Å²) in [6.07, 6.45) is 2.92. The van der Waals surface area contributed by atoms with Crippen molar-refractivity contribution in [1.29, 1.82) is 0 Å². The van der Waals surface area contributed by atoms with Gasteiger partial charge < -0.3 is 35.1 Å². The molecule has 3 heterocycles. The third kappa shape index (κ3) is 6.44. The summed E-state index contributed by atoms with van der Waals surface area (Å²) in [5.74, 6) is 1.45.